The van der Waals surface area contributed by atoms with Gasteiger partial charge in [-0.1, -0.05) is 6.07 Å². The lowest BCUT2D eigenvalue weighted by Gasteiger charge is -2.18. The van der Waals surface area contributed by atoms with Crippen molar-refractivity contribution in [3.8, 4) is 10.7 Å². The monoisotopic (exact) mass is 283 g/mol. The van der Waals surface area contributed by atoms with E-state index in [4.69, 9.17) is 0 Å². The van der Waals surface area contributed by atoms with E-state index in [0.29, 0.717) is 0 Å². The van der Waals surface area contributed by atoms with Gasteiger partial charge in [-0.15, -0.1) is 11.3 Å². The first-order chi connectivity index (χ1) is 7.36. The quantitative estimate of drug-likeness (QED) is 0.871. The number of nitrogens with zero attached hydrogens (tertiary/aromatic N) is 2. The van der Waals surface area contributed by atoms with Gasteiger partial charge in [-0.2, -0.15) is 0 Å². The summed E-state index contributed by atoms with van der Waals surface area (Å²) >= 11 is 5.23. The molecule has 0 atom stereocenters. The van der Waals surface area contributed by atoms with Crippen molar-refractivity contribution in [3.63, 3.8) is 0 Å². The van der Waals surface area contributed by atoms with Crippen LogP contribution in [0.2, 0.25) is 0 Å². The summed E-state index contributed by atoms with van der Waals surface area (Å²) in [5, 5.41) is 5.46. The highest BCUT2D eigenvalue weighted by molar-refractivity contribution is 9.10. The zero-order chi connectivity index (χ0) is 10.3. The maximum absolute atomic E-state index is 4.56. The van der Waals surface area contributed by atoms with Gasteiger partial charge in [0, 0.05) is 13.1 Å². The number of anilines is 1. The molecule has 0 fully saturated rings. The minimum Gasteiger partial charge on any atom is -0.369 e. The van der Waals surface area contributed by atoms with Crippen molar-refractivity contribution in [2.75, 3.05) is 11.9 Å². The van der Waals surface area contributed by atoms with Crippen molar-refractivity contribution in [2.24, 2.45) is 0 Å². The second kappa shape index (κ2) is 3.64. The predicted octanol–water partition coefficient (Wildman–Crippen LogP) is 3.19. The minimum atomic E-state index is 0.922. The summed E-state index contributed by atoms with van der Waals surface area (Å²) in [5.74, 6) is 2.18. The first kappa shape index (κ1) is 9.42. The van der Waals surface area contributed by atoms with E-state index in [1.165, 1.54) is 4.88 Å². The Labute approximate surface area is 100 Å². The molecule has 0 aliphatic carbocycles. The summed E-state index contributed by atoms with van der Waals surface area (Å²) in [6, 6.07) is 4.17. The average molecular weight is 284 g/mol. The molecule has 78 valence electrons. The SMILES string of the molecule is Brc1nc(-c2cccs2)n2c1NCCC2. The molecule has 3 heterocycles. The lowest BCUT2D eigenvalue weighted by molar-refractivity contribution is 0.636. The van der Waals surface area contributed by atoms with Gasteiger partial charge in [0.05, 0.1) is 4.88 Å². The topological polar surface area (TPSA) is 29.9 Å². The molecule has 2 aromatic heterocycles. The fourth-order valence-electron chi connectivity index (χ4n) is 1.85. The second-order valence-electron chi connectivity index (χ2n) is 3.48. The zero-order valence-corrected chi connectivity index (χ0v) is 10.4. The Morgan fingerprint density at radius 2 is 2.47 bits per heavy atom. The van der Waals surface area contributed by atoms with Crippen LogP contribution in [0.5, 0.6) is 0 Å². The Morgan fingerprint density at radius 3 is 3.27 bits per heavy atom. The molecule has 1 aliphatic rings. The zero-order valence-electron chi connectivity index (χ0n) is 8.03. The Hall–Kier alpha value is -0.810. The smallest absolute Gasteiger partial charge is 0.153 e. The maximum atomic E-state index is 4.56. The van der Waals surface area contributed by atoms with Gasteiger partial charge in [-0.3, -0.25) is 0 Å². The predicted molar refractivity (Wildman–Crippen MR) is 66.3 cm³/mol. The van der Waals surface area contributed by atoms with E-state index < -0.39 is 0 Å². The molecule has 1 N–H and O–H groups in total. The number of fused-ring (bicyclic) bond motifs is 1. The molecule has 2 aromatic rings. The van der Waals surface area contributed by atoms with Gasteiger partial charge in [0.1, 0.15) is 10.4 Å². The molecular weight excluding hydrogens is 274 g/mol. The van der Waals surface area contributed by atoms with E-state index in [9.17, 15) is 0 Å². The van der Waals surface area contributed by atoms with Crippen molar-refractivity contribution >= 4 is 33.1 Å². The number of nitrogens with one attached hydrogen (secondary N) is 1. The van der Waals surface area contributed by atoms with Crippen molar-refractivity contribution in [1.29, 1.82) is 0 Å². The Balaban J connectivity index is 2.16. The summed E-state index contributed by atoms with van der Waals surface area (Å²) in [6.07, 6.45) is 1.16. The molecule has 1 aliphatic heterocycles. The van der Waals surface area contributed by atoms with E-state index >= 15 is 0 Å². The molecule has 0 bridgehead atoms. The molecule has 3 rings (SSSR count). The van der Waals surface area contributed by atoms with E-state index in [0.717, 1.165) is 35.8 Å². The molecule has 0 unspecified atom stereocenters. The Morgan fingerprint density at radius 1 is 1.53 bits per heavy atom. The van der Waals surface area contributed by atoms with Gasteiger partial charge >= 0.3 is 0 Å². The molecule has 0 spiro atoms. The molecular formula is C10H10BrN3S. The first-order valence-corrected chi connectivity index (χ1v) is 6.57. The van der Waals surface area contributed by atoms with Crippen LogP contribution in [0.25, 0.3) is 10.7 Å². The third kappa shape index (κ3) is 1.50. The summed E-state index contributed by atoms with van der Waals surface area (Å²) in [6.45, 7) is 2.09. The summed E-state index contributed by atoms with van der Waals surface area (Å²) in [5.41, 5.74) is 0. The van der Waals surface area contributed by atoms with Crippen LogP contribution < -0.4 is 5.32 Å². The van der Waals surface area contributed by atoms with Gasteiger partial charge < -0.3 is 9.88 Å². The van der Waals surface area contributed by atoms with Crippen molar-refractivity contribution in [1.82, 2.24) is 9.55 Å². The lowest BCUT2D eigenvalue weighted by atomic mass is 10.3. The number of hydrogen-bond donors (Lipinski definition) is 1. The largest absolute Gasteiger partial charge is 0.369 e. The molecule has 5 heteroatoms. The number of aromatic nitrogens is 2. The third-order valence-corrected chi connectivity index (χ3v) is 3.94. The highest BCUT2D eigenvalue weighted by Crippen LogP contribution is 2.33. The van der Waals surface area contributed by atoms with Crippen molar-refractivity contribution in [3.05, 3.63) is 22.1 Å². The number of imidazole rings is 1. The van der Waals surface area contributed by atoms with Gasteiger partial charge in [-0.05, 0) is 33.8 Å². The van der Waals surface area contributed by atoms with E-state index in [1.807, 2.05) is 0 Å². The van der Waals surface area contributed by atoms with Crippen molar-refractivity contribution < 1.29 is 0 Å². The van der Waals surface area contributed by atoms with Crippen LogP contribution in [0.3, 0.4) is 0 Å². The van der Waals surface area contributed by atoms with Gasteiger partial charge in [-0.25, -0.2) is 4.98 Å². The van der Waals surface area contributed by atoms with Crippen LogP contribution in [0.15, 0.2) is 22.1 Å². The van der Waals surface area contributed by atoms with Crippen LogP contribution in [0.4, 0.5) is 5.82 Å². The fraction of sp³-hybridized carbons (Fsp3) is 0.300. The molecule has 0 aromatic carbocycles. The molecule has 15 heavy (non-hydrogen) atoms. The number of hydrogen-bond acceptors (Lipinski definition) is 3. The van der Waals surface area contributed by atoms with Crippen LogP contribution in [0.1, 0.15) is 6.42 Å². The fourth-order valence-corrected chi connectivity index (χ4v) is 3.09. The van der Waals surface area contributed by atoms with Crippen LogP contribution in [-0.4, -0.2) is 16.1 Å². The van der Waals surface area contributed by atoms with Crippen LogP contribution in [-0.2, 0) is 6.54 Å². The highest BCUT2D eigenvalue weighted by atomic mass is 79.9. The Bertz CT molecular complexity index is 475. The van der Waals surface area contributed by atoms with Gasteiger partial charge in [0.15, 0.2) is 5.82 Å². The standard InChI is InChI=1S/C10H10BrN3S/c11-8-10-12-4-2-5-14(10)9(13-8)7-3-1-6-15-7/h1,3,6,12H,2,4-5H2. The average Bonchev–Trinajstić information content (AvgIpc) is 2.87. The van der Waals surface area contributed by atoms with Crippen molar-refractivity contribution in [2.45, 2.75) is 13.0 Å². The highest BCUT2D eigenvalue weighted by Gasteiger charge is 2.19. The molecule has 0 saturated heterocycles. The number of halogens is 1. The van der Waals surface area contributed by atoms with E-state index in [1.54, 1.807) is 11.3 Å². The van der Waals surface area contributed by atoms with E-state index in [2.05, 4.69) is 48.3 Å². The number of thiophene rings is 1. The van der Waals surface area contributed by atoms with E-state index in [-0.39, 0.29) is 0 Å². The minimum absolute atomic E-state index is 0.922. The van der Waals surface area contributed by atoms with Crippen LogP contribution >= 0.6 is 27.3 Å². The van der Waals surface area contributed by atoms with Gasteiger partial charge in [0.2, 0.25) is 0 Å². The molecule has 0 radical (unpaired) electrons. The molecule has 3 nitrogen and oxygen atoms in total. The summed E-state index contributed by atoms with van der Waals surface area (Å²) in [4.78, 5) is 5.79. The Kier molecular flexibility index (Phi) is 2.29. The molecule has 0 saturated carbocycles. The second-order valence-corrected chi connectivity index (χ2v) is 5.18. The lowest BCUT2D eigenvalue weighted by Crippen LogP contribution is -2.17. The summed E-state index contributed by atoms with van der Waals surface area (Å²) in [7, 11) is 0. The maximum Gasteiger partial charge on any atom is 0.153 e. The number of rotatable bonds is 1. The molecule has 0 amide bonds. The third-order valence-electron chi connectivity index (χ3n) is 2.52. The van der Waals surface area contributed by atoms with Gasteiger partial charge in [0.25, 0.3) is 0 Å². The summed E-state index contributed by atoms with van der Waals surface area (Å²) < 4.78 is 3.17. The first-order valence-electron chi connectivity index (χ1n) is 4.90. The van der Waals surface area contributed by atoms with Crippen LogP contribution in [0, 0.1) is 0 Å². The normalized spacial score (nSPS) is 14.7.